The number of amides is 1. The largest absolute Gasteiger partial charge is 0.338 e. The Morgan fingerprint density at radius 2 is 1.96 bits per heavy atom. The lowest BCUT2D eigenvalue weighted by Gasteiger charge is -2.32. The third-order valence-electron chi connectivity index (χ3n) is 6.05. The molecule has 3 aromatic rings. The summed E-state index contributed by atoms with van der Waals surface area (Å²) in [6.07, 6.45) is 1.80. The van der Waals surface area contributed by atoms with Gasteiger partial charge in [-0.2, -0.15) is 0 Å². The van der Waals surface area contributed by atoms with E-state index < -0.39 is 0 Å². The molecule has 1 fully saturated rings. The molecule has 0 saturated carbocycles. The number of fused-ring (bicyclic) bond motifs is 2. The Balaban J connectivity index is 1.35. The lowest BCUT2D eigenvalue weighted by atomic mass is 9.95. The van der Waals surface area contributed by atoms with Crippen molar-refractivity contribution in [3.05, 3.63) is 46.6 Å². The van der Waals surface area contributed by atoms with E-state index in [1.165, 1.54) is 0 Å². The quantitative estimate of drug-likeness (QED) is 0.720. The Morgan fingerprint density at radius 1 is 1.18 bits per heavy atom. The van der Waals surface area contributed by atoms with Crippen molar-refractivity contribution in [3.8, 4) is 0 Å². The number of nitrogens with one attached hydrogen (secondary N) is 1. The normalized spacial score (nSPS) is 17.9. The fourth-order valence-electron chi connectivity index (χ4n) is 4.49. The smallest absolute Gasteiger partial charge is 0.272 e. The van der Waals surface area contributed by atoms with Gasteiger partial charge in [0, 0.05) is 50.0 Å². The predicted molar refractivity (Wildman–Crippen MR) is 108 cm³/mol. The molecule has 0 spiro atoms. The van der Waals surface area contributed by atoms with E-state index >= 15 is 0 Å². The summed E-state index contributed by atoms with van der Waals surface area (Å²) in [5, 5.41) is 13.6. The second kappa shape index (κ2) is 6.90. The van der Waals surface area contributed by atoms with Crippen molar-refractivity contribution in [2.24, 2.45) is 7.05 Å². The summed E-state index contributed by atoms with van der Waals surface area (Å²) in [6.45, 7) is 4.07. The van der Waals surface area contributed by atoms with E-state index in [1.54, 1.807) is 0 Å². The molecular weight excluding hydrogens is 376 g/mol. The summed E-state index contributed by atoms with van der Waals surface area (Å²) >= 11 is 6.57. The lowest BCUT2D eigenvalue weighted by Crippen LogP contribution is -2.39. The number of aryl methyl sites for hydroxylation is 1. The van der Waals surface area contributed by atoms with Crippen molar-refractivity contribution in [2.75, 3.05) is 19.6 Å². The van der Waals surface area contributed by atoms with Crippen molar-refractivity contribution in [1.29, 1.82) is 0 Å². The minimum Gasteiger partial charge on any atom is -0.338 e. The van der Waals surface area contributed by atoms with Gasteiger partial charge < -0.3 is 19.4 Å². The van der Waals surface area contributed by atoms with E-state index in [0.29, 0.717) is 29.7 Å². The lowest BCUT2D eigenvalue weighted by molar-refractivity contribution is 0.0701. The van der Waals surface area contributed by atoms with Crippen LogP contribution in [0.3, 0.4) is 0 Å². The van der Waals surface area contributed by atoms with E-state index in [9.17, 15) is 4.79 Å². The Morgan fingerprint density at radius 3 is 2.75 bits per heavy atom. The molecule has 0 bridgehead atoms. The molecule has 28 heavy (non-hydrogen) atoms. The monoisotopic (exact) mass is 398 g/mol. The minimum atomic E-state index is 0.00891. The van der Waals surface area contributed by atoms with Gasteiger partial charge in [-0.3, -0.25) is 4.79 Å². The number of rotatable bonds is 2. The molecule has 7 nitrogen and oxygen atoms in total. The zero-order valence-electron chi connectivity index (χ0n) is 15.9. The number of aromatic nitrogens is 4. The molecule has 146 valence electrons. The summed E-state index contributed by atoms with van der Waals surface area (Å²) in [4.78, 5) is 15.1. The highest BCUT2D eigenvalue weighted by molar-refractivity contribution is 6.38. The van der Waals surface area contributed by atoms with E-state index in [2.05, 4.69) is 20.1 Å². The van der Waals surface area contributed by atoms with Crippen LogP contribution < -0.4 is 5.32 Å². The molecule has 0 aliphatic carbocycles. The maximum atomic E-state index is 13.2. The average Bonchev–Trinajstić information content (AvgIpc) is 3.28. The molecule has 1 N–H and O–H groups in total. The molecule has 0 atom stereocenters. The Hall–Kier alpha value is -2.38. The van der Waals surface area contributed by atoms with Gasteiger partial charge in [-0.1, -0.05) is 29.8 Å². The van der Waals surface area contributed by atoms with Crippen LogP contribution in [0.25, 0.3) is 10.9 Å². The van der Waals surface area contributed by atoms with Crippen molar-refractivity contribution in [2.45, 2.75) is 31.8 Å². The van der Waals surface area contributed by atoms with E-state index in [0.717, 1.165) is 55.0 Å². The number of piperidine rings is 1. The van der Waals surface area contributed by atoms with Crippen LogP contribution >= 0.6 is 11.6 Å². The maximum Gasteiger partial charge on any atom is 0.272 e. The summed E-state index contributed by atoms with van der Waals surface area (Å²) in [6, 6.07) is 7.87. The second-order valence-corrected chi connectivity index (χ2v) is 7.99. The number of nitrogens with zero attached hydrogens (tertiary/aromatic N) is 5. The van der Waals surface area contributed by atoms with Crippen molar-refractivity contribution in [3.63, 3.8) is 0 Å². The molecule has 2 aliphatic heterocycles. The molecule has 1 amide bonds. The molecule has 1 saturated heterocycles. The SMILES string of the molecule is Cn1c(C(=O)N2CCC(c3nnc4n3CCNC4)CC2)c(Cl)c2ccccc21. The summed E-state index contributed by atoms with van der Waals surface area (Å²) in [7, 11) is 1.91. The average molecular weight is 399 g/mol. The van der Waals surface area contributed by atoms with Crippen molar-refractivity contribution < 1.29 is 4.79 Å². The maximum absolute atomic E-state index is 13.2. The van der Waals surface area contributed by atoms with Gasteiger partial charge in [-0.25, -0.2) is 0 Å². The number of benzene rings is 1. The van der Waals surface area contributed by atoms with Crippen LogP contribution in [0.5, 0.6) is 0 Å². The third-order valence-corrected chi connectivity index (χ3v) is 6.43. The van der Waals surface area contributed by atoms with Crippen molar-refractivity contribution >= 4 is 28.4 Å². The third kappa shape index (κ3) is 2.72. The van der Waals surface area contributed by atoms with E-state index in [1.807, 2.05) is 40.8 Å². The first-order chi connectivity index (χ1) is 13.6. The minimum absolute atomic E-state index is 0.00891. The molecule has 2 aliphatic rings. The highest BCUT2D eigenvalue weighted by Gasteiger charge is 2.31. The van der Waals surface area contributed by atoms with Gasteiger partial charge >= 0.3 is 0 Å². The number of hydrogen-bond donors (Lipinski definition) is 1. The first kappa shape index (κ1) is 17.7. The van der Waals surface area contributed by atoms with Gasteiger partial charge in [-0.15, -0.1) is 10.2 Å². The second-order valence-electron chi connectivity index (χ2n) is 7.61. The number of carbonyl (C=O) groups is 1. The molecule has 0 unspecified atom stereocenters. The fraction of sp³-hybridized carbons (Fsp3) is 0.450. The van der Waals surface area contributed by atoms with Crippen LogP contribution in [0.15, 0.2) is 24.3 Å². The number of para-hydroxylation sites is 1. The topological polar surface area (TPSA) is 68.0 Å². The standard InChI is InChI=1S/C20H23ClN6O/c1-25-15-5-3-2-4-14(15)17(21)18(25)20(28)26-9-6-13(7-10-26)19-24-23-16-12-22-8-11-27(16)19/h2-5,13,22H,6-12H2,1H3. The molecule has 5 rings (SSSR count). The van der Waals surface area contributed by atoms with Crippen LogP contribution in [0, 0.1) is 0 Å². The zero-order chi connectivity index (χ0) is 19.3. The number of halogens is 1. The summed E-state index contributed by atoms with van der Waals surface area (Å²) in [5.41, 5.74) is 1.56. The van der Waals surface area contributed by atoms with Gasteiger partial charge in [0.2, 0.25) is 0 Å². The first-order valence-corrected chi connectivity index (χ1v) is 10.2. The molecule has 1 aromatic carbocycles. The highest BCUT2D eigenvalue weighted by atomic mass is 35.5. The number of likely N-dealkylation sites (tertiary alicyclic amines) is 1. The van der Waals surface area contributed by atoms with Crippen LogP contribution in [-0.2, 0) is 20.1 Å². The fourth-order valence-corrected chi connectivity index (χ4v) is 4.86. The Kier molecular flexibility index (Phi) is 4.36. The van der Waals surface area contributed by atoms with Crippen LogP contribution in [0.4, 0.5) is 0 Å². The zero-order valence-corrected chi connectivity index (χ0v) is 16.6. The molecule has 8 heteroatoms. The summed E-state index contributed by atoms with van der Waals surface area (Å²) < 4.78 is 4.16. The highest BCUT2D eigenvalue weighted by Crippen LogP contribution is 2.33. The Bertz CT molecular complexity index is 1010. The molecule has 4 heterocycles. The predicted octanol–water partition coefficient (Wildman–Crippen LogP) is 2.55. The van der Waals surface area contributed by atoms with Gasteiger partial charge in [0.15, 0.2) is 0 Å². The molecular formula is C20H23ClN6O. The number of carbonyl (C=O) groups excluding carboxylic acids is 1. The molecule has 2 aromatic heterocycles. The van der Waals surface area contributed by atoms with Crippen LogP contribution in [0.1, 0.15) is 40.9 Å². The van der Waals surface area contributed by atoms with Crippen molar-refractivity contribution in [1.82, 2.24) is 29.5 Å². The summed E-state index contributed by atoms with van der Waals surface area (Å²) in [5.74, 6) is 2.45. The van der Waals surface area contributed by atoms with Crippen LogP contribution in [-0.4, -0.2) is 49.8 Å². The Labute approximate surface area is 168 Å². The van der Waals surface area contributed by atoms with Gasteiger partial charge in [-0.05, 0) is 18.9 Å². The van der Waals surface area contributed by atoms with Gasteiger partial charge in [0.1, 0.15) is 17.3 Å². The van der Waals surface area contributed by atoms with Gasteiger partial charge in [0.25, 0.3) is 5.91 Å². The van der Waals surface area contributed by atoms with Crippen LogP contribution in [0.2, 0.25) is 5.02 Å². The molecule has 0 radical (unpaired) electrons. The first-order valence-electron chi connectivity index (χ1n) is 9.80. The van der Waals surface area contributed by atoms with E-state index in [-0.39, 0.29) is 5.91 Å². The number of hydrogen-bond acceptors (Lipinski definition) is 4. The van der Waals surface area contributed by atoms with E-state index in [4.69, 9.17) is 11.6 Å². The van der Waals surface area contributed by atoms with Gasteiger partial charge in [0.05, 0.1) is 11.6 Å².